The molecule has 0 fully saturated rings. The Morgan fingerprint density at radius 1 is 1.14 bits per heavy atom. The first-order valence-corrected chi connectivity index (χ1v) is 4.45. The molecule has 0 aromatic heterocycles. The van der Waals surface area contributed by atoms with Gasteiger partial charge in [0, 0.05) is 13.3 Å². The van der Waals surface area contributed by atoms with Gasteiger partial charge in [0.25, 0.3) is 5.92 Å². The summed E-state index contributed by atoms with van der Waals surface area (Å²) >= 11 is 0. The third-order valence-electron chi connectivity index (χ3n) is 1.66. The molecule has 0 spiro atoms. The van der Waals surface area contributed by atoms with E-state index in [2.05, 4.69) is 11.8 Å². The molecule has 0 aliphatic carbocycles. The fraction of sp³-hybridized carbons (Fsp3) is 0.333. The highest BCUT2D eigenvalue weighted by molar-refractivity contribution is 5.20. The van der Waals surface area contributed by atoms with E-state index in [1.807, 2.05) is 30.3 Å². The molecule has 0 N–H and O–H groups in total. The minimum absolute atomic E-state index is 0.361. The van der Waals surface area contributed by atoms with Crippen molar-refractivity contribution in [3.63, 3.8) is 0 Å². The lowest BCUT2D eigenvalue weighted by Crippen LogP contribution is -2.06. The lowest BCUT2D eigenvalue weighted by Gasteiger charge is -2.02. The van der Waals surface area contributed by atoms with Crippen molar-refractivity contribution in [3.05, 3.63) is 35.9 Å². The summed E-state index contributed by atoms with van der Waals surface area (Å²) in [7, 11) is 0. The Bertz CT molecular complexity index is 325. The average molecular weight is 194 g/mol. The Labute approximate surface area is 83.0 Å². The Morgan fingerprint density at radius 2 is 1.79 bits per heavy atom. The van der Waals surface area contributed by atoms with E-state index in [1.165, 1.54) is 0 Å². The molecule has 0 nitrogen and oxygen atoms in total. The Morgan fingerprint density at radius 3 is 2.36 bits per heavy atom. The lowest BCUT2D eigenvalue weighted by atomic mass is 10.1. The van der Waals surface area contributed by atoms with Gasteiger partial charge in [-0.2, -0.15) is 0 Å². The highest BCUT2D eigenvalue weighted by Gasteiger charge is 2.18. The van der Waals surface area contributed by atoms with Crippen LogP contribution in [0.3, 0.4) is 0 Å². The van der Waals surface area contributed by atoms with E-state index in [-0.39, 0.29) is 6.42 Å². The van der Waals surface area contributed by atoms with Crippen LogP contribution in [-0.2, 0) is 6.42 Å². The zero-order valence-corrected chi connectivity index (χ0v) is 8.06. The number of rotatable bonds is 2. The Kier molecular flexibility index (Phi) is 3.64. The fourth-order valence-electron chi connectivity index (χ4n) is 0.978. The second-order valence-corrected chi connectivity index (χ2v) is 3.26. The van der Waals surface area contributed by atoms with Crippen molar-refractivity contribution in [3.8, 4) is 11.8 Å². The zero-order valence-electron chi connectivity index (χ0n) is 8.06. The molecule has 0 amide bonds. The molecule has 0 aliphatic heterocycles. The van der Waals surface area contributed by atoms with Crippen LogP contribution in [0.5, 0.6) is 0 Å². The van der Waals surface area contributed by atoms with E-state index >= 15 is 0 Å². The largest absolute Gasteiger partial charge is 0.256 e. The van der Waals surface area contributed by atoms with Gasteiger partial charge >= 0.3 is 0 Å². The Balaban J connectivity index is 2.41. The first kappa shape index (κ1) is 10.7. The molecule has 0 saturated heterocycles. The van der Waals surface area contributed by atoms with Crippen molar-refractivity contribution in [2.75, 3.05) is 0 Å². The van der Waals surface area contributed by atoms with Crippen LogP contribution < -0.4 is 0 Å². The second kappa shape index (κ2) is 4.76. The minimum atomic E-state index is -2.68. The fourth-order valence-corrected chi connectivity index (χ4v) is 0.978. The summed E-state index contributed by atoms with van der Waals surface area (Å²) in [5, 5.41) is 0. The van der Waals surface area contributed by atoms with Crippen LogP contribution in [0.15, 0.2) is 30.3 Å². The molecule has 0 heterocycles. The van der Waals surface area contributed by atoms with Gasteiger partial charge < -0.3 is 0 Å². The van der Waals surface area contributed by atoms with Crippen molar-refractivity contribution < 1.29 is 8.78 Å². The maximum atomic E-state index is 12.3. The van der Waals surface area contributed by atoms with Crippen molar-refractivity contribution in [1.82, 2.24) is 0 Å². The standard InChI is InChI=1S/C12H12F2/c1-12(13,14)10-6-5-9-11-7-3-2-4-8-11/h2-4,7-8H,9-10H2,1H3. The Hall–Kier alpha value is -1.36. The van der Waals surface area contributed by atoms with Crippen LogP contribution in [0.4, 0.5) is 8.78 Å². The monoisotopic (exact) mass is 194 g/mol. The van der Waals surface area contributed by atoms with Crippen LogP contribution in [0.1, 0.15) is 18.9 Å². The third-order valence-corrected chi connectivity index (χ3v) is 1.66. The van der Waals surface area contributed by atoms with E-state index < -0.39 is 5.92 Å². The summed E-state index contributed by atoms with van der Waals surface area (Å²) in [6, 6.07) is 9.59. The van der Waals surface area contributed by atoms with E-state index in [0.29, 0.717) is 6.42 Å². The normalized spacial score (nSPS) is 10.5. The van der Waals surface area contributed by atoms with Gasteiger partial charge in [-0.15, -0.1) is 0 Å². The van der Waals surface area contributed by atoms with Gasteiger partial charge in [0.1, 0.15) is 0 Å². The molecule has 0 unspecified atom stereocenters. The van der Waals surface area contributed by atoms with E-state index in [1.54, 1.807) is 0 Å². The van der Waals surface area contributed by atoms with Gasteiger partial charge in [-0.05, 0) is 5.56 Å². The van der Waals surface area contributed by atoms with Gasteiger partial charge in [-0.3, -0.25) is 0 Å². The lowest BCUT2D eigenvalue weighted by molar-refractivity contribution is 0.0278. The summed E-state index contributed by atoms with van der Waals surface area (Å²) in [6.45, 7) is 0.879. The summed E-state index contributed by atoms with van der Waals surface area (Å²) in [5.74, 6) is 2.53. The van der Waals surface area contributed by atoms with E-state index in [0.717, 1.165) is 12.5 Å². The van der Waals surface area contributed by atoms with Crippen LogP contribution in [-0.4, -0.2) is 5.92 Å². The molecule has 0 atom stereocenters. The number of halogens is 2. The molecular formula is C12H12F2. The quantitative estimate of drug-likeness (QED) is 0.634. The number of alkyl halides is 2. The molecule has 0 radical (unpaired) electrons. The minimum Gasteiger partial charge on any atom is -0.206 e. The first-order chi connectivity index (χ1) is 6.58. The molecule has 0 aliphatic rings. The third kappa shape index (κ3) is 4.61. The molecule has 1 rings (SSSR count). The second-order valence-electron chi connectivity index (χ2n) is 3.26. The van der Waals surface area contributed by atoms with Gasteiger partial charge in [-0.25, -0.2) is 8.78 Å². The number of benzene rings is 1. The molecule has 0 bridgehead atoms. The summed E-state index contributed by atoms with van der Waals surface area (Å²) < 4.78 is 24.7. The van der Waals surface area contributed by atoms with Crippen LogP contribution in [0.25, 0.3) is 0 Å². The predicted octanol–water partition coefficient (Wildman–Crippen LogP) is 3.28. The topological polar surface area (TPSA) is 0 Å². The van der Waals surface area contributed by atoms with Gasteiger partial charge in [0.05, 0.1) is 6.42 Å². The van der Waals surface area contributed by atoms with Crippen molar-refractivity contribution in [2.24, 2.45) is 0 Å². The maximum Gasteiger partial charge on any atom is 0.256 e. The molecule has 14 heavy (non-hydrogen) atoms. The summed E-state index contributed by atoms with van der Waals surface area (Å²) in [5.41, 5.74) is 1.06. The van der Waals surface area contributed by atoms with E-state index in [4.69, 9.17) is 0 Å². The number of hydrogen-bond acceptors (Lipinski definition) is 0. The number of hydrogen-bond donors (Lipinski definition) is 0. The summed E-state index contributed by atoms with van der Waals surface area (Å²) in [6.07, 6.45) is 0.177. The summed E-state index contributed by atoms with van der Waals surface area (Å²) in [4.78, 5) is 0. The predicted molar refractivity (Wildman–Crippen MR) is 53.2 cm³/mol. The van der Waals surface area contributed by atoms with Gasteiger partial charge in [0.2, 0.25) is 0 Å². The van der Waals surface area contributed by atoms with Crippen molar-refractivity contribution in [2.45, 2.75) is 25.7 Å². The van der Waals surface area contributed by atoms with Crippen LogP contribution >= 0.6 is 0 Å². The molecule has 74 valence electrons. The van der Waals surface area contributed by atoms with Crippen LogP contribution in [0.2, 0.25) is 0 Å². The molecular weight excluding hydrogens is 182 g/mol. The zero-order chi connectivity index (χ0) is 10.4. The average Bonchev–Trinajstić information content (AvgIpc) is 2.13. The highest BCUT2D eigenvalue weighted by atomic mass is 19.3. The van der Waals surface area contributed by atoms with E-state index in [9.17, 15) is 8.78 Å². The SMILES string of the molecule is CC(F)(F)CC#CCc1ccccc1. The molecule has 0 saturated carbocycles. The highest BCUT2D eigenvalue weighted by Crippen LogP contribution is 2.14. The van der Waals surface area contributed by atoms with Crippen LogP contribution in [0, 0.1) is 11.8 Å². The molecule has 1 aromatic rings. The van der Waals surface area contributed by atoms with Gasteiger partial charge in [0.15, 0.2) is 0 Å². The van der Waals surface area contributed by atoms with Crippen molar-refractivity contribution >= 4 is 0 Å². The van der Waals surface area contributed by atoms with Gasteiger partial charge in [-0.1, -0.05) is 42.2 Å². The maximum absolute atomic E-state index is 12.3. The molecule has 1 aromatic carbocycles. The first-order valence-electron chi connectivity index (χ1n) is 4.45. The molecule has 2 heteroatoms. The van der Waals surface area contributed by atoms with Crippen molar-refractivity contribution in [1.29, 1.82) is 0 Å². The smallest absolute Gasteiger partial charge is 0.206 e.